The van der Waals surface area contributed by atoms with E-state index in [0.29, 0.717) is 23.4 Å². The smallest absolute Gasteiger partial charge is 0.343 e. The standard InChI is InChI=1S/C26H21F6N5O4/c1-15-4-2-3-5-19(15)37-23(40)36(13-20-33-14-41-34-20)22(39)24(37)6-8-35(9-7-24)21(38)16-10-17(25(27,28)29)12-18(11-16)26(30,31)32/h2-5,10-12,14H,6-9,13H2,1H3. The average Bonchev–Trinajstić information content (AvgIpc) is 3.50. The molecule has 216 valence electrons. The lowest BCUT2D eigenvalue weighted by atomic mass is 9.84. The summed E-state index contributed by atoms with van der Waals surface area (Å²) in [7, 11) is 0. The van der Waals surface area contributed by atoms with E-state index in [9.17, 15) is 40.7 Å². The second-order valence-corrected chi connectivity index (χ2v) is 9.76. The van der Waals surface area contributed by atoms with Crippen LogP contribution in [0.1, 0.15) is 45.7 Å². The zero-order chi connectivity index (χ0) is 29.7. The Kier molecular flexibility index (Phi) is 6.78. The van der Waals surface area contributed by atoms with Crippen molar-refractivity contribution in [3.8, 4) is 0 Å². The van der Waals surface area contributed by atoms with Crippen molar-refractivity contribution in [1.82, 2.24) is 19.9 Å². The van der Waals surface area contributed by atoms with Gasteiger partial charge in [-0.1, -0.05) is 23.4 Å². The Balaban J connectivity index is 1.46. The van der Waals surface area contributed by atoms with Crippen molar-refractivity contribution >= 4 is 23.5 Å². The molecule has 41 heavy (non-hydrogen) atoms. The van der Waals surface area contributed by atoms with E-state index in [1.54, 1.807) is 31.2 Å². The number of rotatable bonds is 4. The second-order valence-electron chi connectivity index (χ2n) is 9.76. The molecule has 2 saturated heterocycles. The number of anilines is 1. The molecule has 0 saturated carbocycles. The van der Waals surface area contributed by atoms with E-state index in [1.807, 2.05) is 0 Å². The Bertz CT molecular complexity index is 1460. The van der Waals surface area contributed by atoms with E-state index >= 15 is 0 Å². The first kappa shape index (κ1) is 28.1. The third-order valence-electron chi connectivity index (χ3n) is 7.27. The molecule has 0 aliphatic carbocycles. The lowest BCUT2D eigenvalue weighted by Gasteiger charge is -2.42. The van der Waals surface area contributed by atoms with Crippen LogP contribution in [-0.4, -0.2) is 56.4 Å². The van der Waals surface area contributed by atoms with Crippen LogP contribution in [0.4, 0.5) is 36.8 Å². The van der Waals surface area contributed by atoms with Crippen LogP contribution >= 0.6 is 0 Å². The summed E-state index contributed by atoms with van der Waals surface area (Å²) in [4.78, 5) is 47.8. The molecule has 15 heteroatoms. The Labute approximate surface area is 228 Å². The minimum absolute atomic E-state index is 0.0524. The van der Waals surface area contributed by atoms with Gasteiger partial charge in [-0.3, -0.25) is 19.4 Å². The van der Waals surface area contributed by atoms with Gasteiger partial charge in [-0.05, 0) is 49.6 Å². The summed E-state index contributed by atoms with van der Waals surface area (Å²) in [6.45, 7) is 1.03. The van der Waals surface area contributed by atoms with E-state index in [1.165, 1.54) is 4.90 Å². The third kappa shape index (κ3) is 5.00. The molecule has 1 spiro atoms. The largest absolute Gasteiger partial charge is 0.416 e. The minimum Gasteiger partial charge on any atom is -0.343 e. The zero-order valence-corrected chi connectivity index (χ0v) is 21.3. The lowest BCUT2D eigenvalue weighted by molar-refractivity contribution is -0.143. The monoisotopic (exact) mass is 581 g/mol. The summed E-state index contributed by atoms with van der Waals surface area (Å²) in [5.74, 6) is -1.58. The minimum atomic E-state index is -5.12. The molecular weight excluding hydrogens is 560 g/mol. The van der Waals surface area contributed by atoms with Crippen LogP contribution in [-0.2, 0) is 23.7 Å². The fourth-order valence-corrected chi connectivity index (χ4v) is 5.21. The van der Waals surface area contributed by atoms with Crippen LogP contribution in [0.15, 0.2) is 53.4 Å². The highest BCUT2D eigenvalue weighted by Gasteiger charge is 2.59. The molecule has 0 radical (unpaired) electrons. The molecule has 2 aliphatic heterocycles. The molecule has 3 heterocycles. The Morgan fingerprint density at radius 2 is 1.59 bits per heavy atom. The highest BCUT2D eigenvalue weighted by molar-refractivity contribution is 6.17. The van der Waals surface area contributed by atoms with Gasteiger partial charge < -0.3 is 9.42 Å². The van der Waals surface area contributed by atoms with Gasteiger partial charge in [0, 0.05) is 24.3 Å². The van der Waals surface area contributed by atoms with Crippen LogP contribution in [0.3, 0.4) is 0 Å². The number of urea groups is 1. The first-order chi connectivity index (χ1) is 19.2. The van der Waals surface area contributed by atoms with Crippen molar-refractivity contribution in [2.75, 3.05) is 18.0 Å². The third-order valence-corrected chi connectivity index (χ3v) is 7.27. The molecule has 3 aromatic rings. The van der Waals surface area contributed by atoms with Gasteiger partial charge in [0.25, 0.3) is 11.8 Å². The number of alkyl halides is 6. The summed E-state index contributed by atoms with van der Waals surface area (Å²) in [6.07, 6.45) is -9.43. The van der Waals surface area contributed by atoms with Gasteiger partial charge in [0.15, 0.2) is 5.82 Å². The number of nitrogens with zero attached hydrogens (tertiary/aromatic N) is 5. The predicted molar refractivity (Wildman–Crippen MR) is 128 cm³/mol. The molecule has 2 fully saturated rings. The van der Waals surface area contributed by atoms with Crippen molar-refractivity contribution in [3.63, 3.8) is 0 Å². The first-order valence-electron chi connectivity index (χ1n) is 12.3. The van der Waals surface area contributed by atoms with Crippen LogP contribution < -0.4 is 4.90 Å². The van der Waals surface area contributed by atoms with Crippen molar-refractivity contribution in [3.05, 3.63) is 76.9 Å². The van der Waals surface area contributed by atoms with E-state index in [-0.39, 0.29) is 44.4 Å². The number of amides is 4. The van der Waals surface area contributed by atoms with Crippen molar-refractivity contribution in [2.45, 2.75) is 44.2 Å². The fourth-order valence-electron chi connectivity index (χ4n) is 5.21. The zero-order valence-electron chi connectivity index (χ0n) is 21.3. The highest BCUT2D eigenvalue weighted by atomic mass is 19.4. The molecule has 0 unspecified atom stereocenters. The van der Waals surface area contributed by atoms with E-state index in [4.69, 9.17) is 4.52 Å². The quantitative estimate of drug-likeness (QED) is 0.316. The van der Waals surface area contributed by atoms with Gasteiger partial charge >= 0.3 is 18.4 Å². The Morgan fingerprint density at radius 1 is 0.976 bits per heavy atom. The number of halogens is 6. The number of aromatic nitrogens is 2. The summed E-state index contributed by atoms with van der Waals surface area (Å²) >= 11 is 0. The van der Waals surface area contributed by atoms with Crippen LogP contribution in [0.5, 0.6) is 0 Å². The molecule has 4 amide bonds. The number of carbonyl (C=O) groups is 3. The Hall–Kier alpha value is -4.43. The molecule has 2 aromatic carbocycles. The second kappa shape index (κ2) is 9.89. The topological polar surface area (TPSA) is 99.8 Å². The summed E-state index contributed by atoms with van der Waals surface area (Å²) in [5, 5.41) is 3.65. The SMILES string of the molecule is Cc1ccccc1N1C(=O)N(Cc2ncon2)C(=O)C12CCN(C(=O)c1cc(C(F)(F)F)cc(C(F)(F)F)c1)CC2. The molecule has 9 nitrogen and oxygen atoms in total. The maximum atomic E-state index is 13.8. The number of carbonyl (C=O) groups excluding carboxylic acids is 3. The molecule has 1 aromatic heterocycles. The molecule has 5 rings (SSSR count). The predicted octanol–water partition coefficient (Wildman–Crippen LogP) is 5.06. The summed E-state index contributed by atoms with van der Waals surface area (Å²) in [5.41, 5.74) is -4.35. The number of hydrogen-bond acceptors (Lipinski definition) is 6. The number of hydrogen-bond donors (Lipinski definition) is 0. The molecular formula is C26H21F6N5O4. The van der Waals surface area contributed by atoms with Crippen LogP contribution in [0.2, 0.25) is 0 Å². The first-order valence-corrected chi connectivity index (χ1v) is 12.3. The van der Waals surface area contributed by atoms with Gasteiger partial charge in [0.2, 0.25) is 6.39 Å². The van der Waals surface area contributed by atoms with Gasteiger partial charge in [0.1, 0.15) is 5.54 Å². The summed E-state index contributed by atoms with van der Waals surface area (Å²) in [6, 6.07) is 6.85. The van der Waals surface area contributed by atoms with E-state index in [2.05, 4.69) is 10.1 Å². The highest BCUT2D eigenvalue weighted by Crippen LogP contribution is 2.43. The maximum absolute atomic E-state index is 13.8. The summed E-state index contributed by atoms with van der Waals surface area (Å²) < 4.78 is 84.8. The van der Waals surface area contributed by atoms with Crippen molar-refractivity contribution in [1.29, 1.82) is 0 Å². The van der Waals surface area contributed by atoms with Crippen molar-refractivity contribution in [2.24, 2.45) is 0 Å². The maximum Gasteiger partial charge on any atom is 0.416 e. The van der Waals surface area contributed by atoms with Gasteiger partial charge in [-0.2, -0.15) is 31.3 Å². The van der Waals surface area contributed by atoms with Crippen LogP contribution in [0, 0.1) is 6.92 Å². The number of piperidine rings is 1. The Morgan fingerprint density at radius 3 is 2.12 bits per heavy atom. The number of para-hydroxylation sites is 1. The van der Waals surface area contributed by atoms with Gasteiger partial charge in [-0.15, -0.1) is 0 Å². The number of benzene rings is 2. The van der Waals surface area contributed by atoms with Gasteiger partial charge in [0.05, 0.1) is 17.7 Å². The molecule has 0 N–H and O–H groups in total. The number of likely N-dealkylation sites (tertiary alicyclic amines) is 1. The number of aryl methyl sites for hydroxylation is 1. The van der Waals surface area contributed by atoms with E-state index < -0.39 is 52.4 Å². The normalized spacial score (nSPS) is 17.6. The average molecular weight is 581 g/mol. The van der Waals surface area contributed by atoms with Crippen LogP contribution in [0.25, 0.3) is 0 Å². The lowest BCUT2D eigenvalue weighted by Crippen LogP contribution is -2.57. The molecule has 0 atom stereocenters. The fraction of sp³-hybridized carbons (Fsp3) is 0.346. The molecule has 0 bridgehead atoms. The number of imide groups is 1. The van der Waals surface area contributed by atoms with E-state index in [0.717, 1.165) is 16.2 Å². The molecule has 2 aliphatic rings. The van der Waals surface area contributed by atoms with Gasteiger partial charge in [-0.25, -0.2) is 4.79 Å². The van der Waals surface area contributed by atoms with Crippen molar-refractivity contribution < 1.29 is 45.2 Å².